The second-order valence-electron chi connectivity index (χ2n) is 4.31. The molecule has 0 saturated heterocycles. The average molecular weight is 277 g/mol. The van der Waals surface area contributed by atoms with Crippen LogP contribution >= 0.6 is 11.8 Å². The average Bonchev–Trinajstić information content (AvgIpc) is 2.83. The van der Waals surface area contributed by atoms with Crippen LogP contribution in [0.25, 0.3) is 0 Å². The van der Waals surface area contributed by atoms with Gasteiger partial charge in [0.15, 0.2) is 5.16 Å². The number of rotatable bonds is 5. The van der Waals surface area contributed by atoms with Crippen molar-refractivity contribution in [2.75, 3.05) is 14.2 Å². The van der Waals surface area contributed by atoms with E-state index in [1.165, 1.54) is 5.56 Å². The molecule has 0 aliphatic carbocycles. The maximum atomic E-state index is 5.48. The van der Waals surface area contributed by atoms with E-state index in [0.29, 0.717) is 0 Å². The van der Waals surface area contributed by atoms with Gasteiger partial charge in [-0.3, -0.25) is 0 Å². The Labute approximate surface area is 118 Å². The molecule has 0 saturated carbocycles. The van der Waals surface area contributed by atoms with Crippen LogP contribution in [0.4, 0.5) is 0 Å². The quantitative estimate of drug-likeness (QED) is 0.912. The number of aromatic nitrogens is 2. The van der Waals surface area contributed by atoms with Crippen molar-refractivity contribution >= 4 is 11.8 Å². The summed E-state index contributed by atoms with van der Waals surface area (Å²) in [6.07, 6.45) is 3.76. The Morgan fingerprint density at radius 3 is 2.79 bits per heavy atom. The zero-order valence-corrected chi connectivity index (χ0v) is 12.5. The Morgan fingerprint density at radius 1 is 1.42 bits per heavy atom. The van der Waals surface area contributed by atoms with E-state index < -0.39 is 0 Å². The standard InChI is InChI=1S/C14H19N3OS/c1-10(15-2)13-11(18-4)6-5-7-12(13)19-14-16-8-9-17(14)3/h5-10,15H,1-4H3. The summed E-state index contributed by atoms with van der Waals surface area (Å²) in [5.41, 5.74) is 1.17. The van der Waals surface area contributed by atoms with E-state index in [-0.39, 0.29) is 6.04 Å². The van der Waals surface area contributed by atoms with E-state index in [0.717, 1.165) is 15.8 Å². The minimum Gasteiger partial charge on any atom is -0.496 e. The molecule has 0 amide bonds. The molecule has 2 rings (SSSR count). The molecule has 0 aliphatic rings. The molecule has 1 aromatic carbocycles. The van der Waals surface area contributed by atoms with Gasteiger partial charge < -0.3 is 14.6 Å². The lowest BCUT2D eigenvalue weighted by atomic mass is 10.1. The molecule has 4 nitrogen and oxygen atoms in total. The molecule has 0 bridgehead atoms. The first-order chi connectivity index (χ1) is 9.17. The van der Waals surface area contributed by atoms with E-state index >= 15 is 0 Å². The highest BCUT2D eigenvalue weighted by Crippen LogP contribution is 2.37. The minimum atomic E-state index is 0.221. The summed E-state index contributed by atoms with van der Waals surface area (Å²) in [6, 6.07) is 6.33. The molecule has 2 aromatic rings. The number of aryl methyl sites for hydroxylation is 1. The molecule has 5 heteroatoms. The third kappa shape index (κ3) is 2.93. The van der Waals surface area contributed by atoms with Crippen LogP contribution in [0.2, 0.25) is 0 Å². The summed E-state index contributed by atoms with van der Waals surface area (Å²) in [4.78, 5) is 5.52. The van der Waals surface area contributed by atoms with Crippen LogP contribution in [-0.2, 0) is 7.05 Å². The molecule has 0 spiro atoms. The highest BCUT2D eigenvalue weighted by molar-refractivity contribution is 7.99. The van der Waals surface area contributed by atoms with Crippen LogP contribution < -0.4 is 10.1 Å². The predicted octanol–water partition coefficient (Wildman–Crippen LogP) is 2.86. The van der Waals surface area contributed by atoms with Gasteiger partial charge in [0.1, 0.15) is 5.75 Å². The van der Waals surface area contributed by atoms with Crippen molar-refractivity contribution in [2.24, 2.45) is 7.05 Å². The summed E-state index contributed by atoms with van der Waals surface area (Å²) in [5.74, 6) is 0.904. The summed E-state index contributed by atoms with van der Waals surface area (Å²) < 4.78 is 7.49. The van der Waals surface area contributed by atoms with Crippen molar-refractivity contribution in [3.8, 4) is 5.75 Å². The van der Waals surface area contributed by atoms with Gasteiger partial charge in [0.2, 0.25) is 0 Å². The van der Waals surface area contributed by atoms with Gasteiger partial charge in [0, 0.05) is 35.9 Å². The number of nitrogens with zero attached hydrogens (tertiary/aromatic N) is 2. The Kier molecular flexibility index (Phi) is 4.50. The molecular weight excluding hydrogens is 258 g/mol. The van der Waals surface area contributed by atoms with Crippen molar-refractivity contribution in [2.45, 2.75) is 23.0 Å². The van der Waals surface area contributed by atoms with E-state index in [1.807, 2.05) is 43.2 Å². The van der Waals surface area contributed by atoms with Crippen LogP contribution in [-0.4, -0.2) is 23.7 Å². The van der Waals surface area contributed by atoms with Gasteiger partial charge in [-0.05, 0) is 26.1 Å². The third-order valence-corrected chi connectivity index (χ3v) is 4.24. The fourth-order valence-electron chi connectivity index (χ4n) is 1.91. The van der Waals surface area contributed by atoms with Crippen molar-refractivity contribution in [1.82, 2.24) is 14.9 Å². The molecular formula is C14H19N3OS. The van der Waals surface area contributed by atoms with E-state index in [4.69, 9.17) is 4.74 Å². The van der Waals surface area contributed by atoms with Crippen LogP contribution in [0.3, 0.4) is 0 Å². The fraction of sp³-hybridized carbons (Fsp3) is 0.357. The van der Waals surface area contributed by atoms with E-state index in [2.05, 4.69) is 23.3 Å². The Balaban J connectivity index is 2.42. The van der Waals surface area contributed by atoms with Crippen molar-refractivity contribution in [1.29, 1.82) is 0 Å². The zero-order chi connectivity index (χ0) is 13.8. The van der Waals surface area contributed by atoms with Gasteiger partial charge in [-0.1, -0.05) is 17.8 Å². The normalized spacial score (nSPS) is 12.4. The molecule has 1 aromatic heterocycles. The third-order valence-electron chi connectivity index (χ3n) is 3.09. The maximum Gasteiger partial charge on any atom is 0.172 e. The molecule has 19 heavy (non-hydrogen) atoms. The van der Waals surface area contributed by atoms with E-state index in [9.17, 15) is 0 Å². The minimum absolute atomic E-state index is 0.221. The lowest BCUT2D eigenvalue weighted by Gasteiger charge is -2.18. The lowest BCUT2D eigenvalue weighted by Crippen LogP contribution is -2.14. The zero-order valence-electron chi connectivity index (χ0n) is 11.7. The monoisotopic (exact) mass is 277 g/mol. The first kappa shape index (κ1) is 14.0. The van der Waals surface area contributed by atoms with Crippen LogP contribution in [0.1, 0.15) is 18.5 Å². The van der Waals surface area contributed by atoms with Crippen LogP contribution in [0, 0.1) is 0 Å². The number of methoxy groups -OCH3 is 1. The van der Waals surface area contributed by atoms with Crippen molar-refractivity contribution in [3.05, 3.63) is 36.2 Å². The second kappa shape index (κ2) is 6.12. The van der Waals surface area contributed by atoms with Gasteiger partial charge >= 0.3 is 0 Å². The maximum absolute atomic E-state index is 5.48. The fourth-order valence-corrected chi connectivity index (χ4v) is 2.96. The van der Waals surface area contributed by atoms with E-state index in [1.54, 1.807) is 18.9 Å². The number of hydrogen-bond donors (Lipinski definition) is 1. The summed E-state index contributed by atoms with van der Waals surface area (Å²) in [7, 11) is 5.65. The largest absolute Gasteiger partial charge is 0.496 e. The van der Waals surface area contributed by atoms with Crippen molar-refractivity contribution < 1.29 is 4.74 Å². The topological polar surface area (TPSA) is 39.1 Å². The van der Waals surface area contributed by atoms with Crippen LogP contribution in [0.5, 0.6) is 5.75 Å². The first-order valence-corrected chi connectivity index (χ1v) is 6.98. The Morgan fingerprint density at radius 2 is 2.21 bits per heavy atom. The summed E-state index contributed by atoms with van der Waals surface area (Å²) in [6.45, 7) is 2.13. The molecule has 0 aliphatic heterocycles. The molecule has 0 fully saturated rings. The first-order valence-electron chi connectivity index (χ1n) is 6.16. The number of nitrogens with one attached hydrogen (secondary N) is 1. The van der Waals surface area contributed by atoms with Gasteiger partial charge in [-0.2, -0.15) is 0 Å². The van der Waals surface area contributed by atoms with Gasteiger partial charge in [-0.25, -0.2) is 4.98 Å². The van der Waals surface area contributed by atoms with Gasteiger partial charge in [-0.15, -0.1) is 0 Å². The number of imidazole rings is 1. The molecule has 1 atom stereocenters. The highest BCUT2D eigenvalue weighted by atomic mass is 32.2. The van der Waals surface area contributed by atoms with Gasteiger partial charge in [0.05, 0.1) is 7.11 Å². The van der Waals surface area contributed by atoms with Crippen molar-refractivity contribution in [3.63, 3.8) is 0 Å². The summed E-state index contributed by atoms with van der Waals surface area (Å²) >= 11 is 1.65. The predicted molar refractivity (Wildman–Crippen MR) is 77.8 cm³/mol. The number of ether oxygens (including phenoxy) is 1. The molecule has 1 N–H and O–H groups in total. The smallest absolute Gasteiger partial charge is 0.172 e. The lowest BCUT2D eigenvalue weighted by molar-refractivity contribution is 0.401. The highest BCUT2D eigenvalue weighted by Gasteiger charge is 2.16. The molecule has 0 radical (unpaired) electrons. The summed E-state index contributed by atoms with van der Waals surface area (Å²) in [5, 5.41) is 4.24. The Bertz CT molecular complexity index is 553. The second-order valence-corrected chi connectivity index (χ2v) is 5.31. The molecule has 102 valence electrons. The van der Waals surface area contributed by atoms with Gasteiger partial charge in [0.25, 0.3) is 0 Å². The SMILES string of the molecule is CNC(C)c1c(OC)cccc1Sc1nccn1C. The molecule has 1 heterocycles. The Hall–Kier alpha value is -1.46. The number of benzene rings is 1. The molecule has 1 unspecified atom stereocenters. The number of hydrogen-bond acceptors (Lipinski definition) is 4. The van der Waals surface area contributed by atoms with Crippen LogP contribution in [0.15, 0.2) is 40.6 Å².